The molecule has 1 unspecified atom stereocenters. The van der Waals surface area contributed by atoms with Crippen molar-refractivity contribution in [1.82, 2.24) is 10.3 Å². The van der Waals surface area contributed by atoms with Gasteiger partial charge in [-0.15, -0.1) is 6.58 Å². The minimum absolute atomic E-state index is 0.00685. The second-order valence-corrected chi connectivity index (χ2v) is 2.60. The average Bonchev–Trinajstić information content (AvgIpc) is 2.56. The summed E-state index contributed by atoms with van der Waals surface area (Å²) in [5, 5.41) is 2.75. The van der Waals surface area contributed by atoms with E-state index >= 15 is 0 Å². The van der Waals surface area contributed by atoms with Crippen LogP contribution in [0.2, 0.25) is 0 Å². The molecule has 2 N–H and O–H groups in total. The first kappa shape index (κ1) is 8.59. The number of hydrogen-bond acceptors (Lipinski definition) is 1. The smallest absolute Gasteiger partial charge is 0.253 e. The van der Waals surface area contributed by atoms with Gasteiger partial charge in [0.15, 0.2) is 0 Å². The van der Waals surface area contributed by atoms with Crippen LogP contribution in [0.25, 0.3) is 0 Å². The predicted octanol–water partition coefficient (Wildman–Crippen LogP) is 1.32. The van der Waals surface area contributed by atoms with Crippen LogP contribution in [0, 0.1) is 0 Å². The van der Waals surface area contributed by atoms with Crippen molar-refractivity contribution in [2.75, 3.05) is 0 Å². The van der Waals surface area contributed by atoms with Crippen LogP contribution in [-0.4, -0.2) is 16.9 Å². The molecule has 3 heteroatoms. The number of amides is 1. The van der Waals surface area contributed by atoms with Crippen LogP contribution in [0.15, 0.2) is 31.1 Å². The molecule has 0 aliphatic rings. The number of rotatable bonds is 3. The first-order valence-electron chi connectivity index (χ1n) is 3.80. The lowest BCUT2D eigenvalue weighted by atomic mass is 10.3. The van der Waals surface area contributed by atoms with Gasteiger partial charge in [-0.2, -0.15) is 0 Å². The molecular weight excluding hydrogens is 152 g/mol. The number of aromatic amines is 1. The van der Waals surface area contributed by atoms with Gasteiger partial charge in [0, 0.05) is 18.4 Å². The van der Waals surface area contributed by atoms with Crippen molar-refractivity contribution in [2.45, 2.75) is 13.0 Å². The molecule has 64 valence electrons. The van der Waals surface area contributed by atoms with Crippen LogP contribution in [0.1, 0.15) is 17.3 Å². The third-order valence-corrected chi connectivity index (χ3v) is 1.57. The Morgan fingerprint density at radius 3 is 3.08 bits per heavy atom. The number of aromatic nitrogens is 1. The number of carbonyl (C=O) groups excluding carboxylic acids is 1. The molecular formula is C9H12N2O. The Hall–Kier alpha value is -1.51. The van der Waals surface area contributed by atoms with Crippen LogP contribution in [-0.2, 0) is 0 Å². The molecule has 12 heavy (non-hydrogen) atoms. The summed E-state index contributed by atoms with van der Waals surface area (Å²) in [6, 6.07) is 1.73. The van der Waals surface area contributed by atoms with Crippen LogP contribution < -0.4 is 5.32 Å². The highest BCUT2D eigenvalue weighted by Crippen LogP contribution is 1.96. The Kier molecular flexibility index (Phi) is 2.69. The summed E-state index contributed by atoms with van der Waals surface area (Å²) in [6.07, 6.45) is 5.06. The maximum Gasteiger partial charge on any atom is 0.253 e. The van der Waals surface area contributed by atoms with Crippen molar-refractivity contribution < 1.29 is 4.79 Å². The molecule has 1 atom stereocenters. The number of hydrogen-bond donors (Lipinski definition) is 2. The maximum atomic E-state index is 11.3. The standard InChI is InChI=1S/C9H12N2O/c1-3-7(2)11-9(12)8-4-5-10-6-8/h3-7,10H,1H2,2H3,(H,11,12). The fraction of sp³-hybridized carbons (Fsp3) is 0.222. The minimum atomic E-state index is -0.0800. The number of nitrogens with one attached hydrogen (secondary N) is 2. The van der Waals surface area contributed by atoms with E-state index < -0.39 is 0 Å². The average molecular weight is 164 g/mol. The molecule has 3 nitrogen and oxygen atoms in total. The van der Waals surface area contributed by atoms with Crippen molar-refractivity contribution >= 4 is 5.91 Å². The molecule has 1 heterocycles. The Balaban J connectivity index is 2.55. The van der Waals surface area contributed by atoms with Gasteiger partial charge in [0.25, 0.3) is 5.91 Å². The van der Waals surface area contributed by atoms with Crippen molar-refractivity contribution in [3.05, 3.63) is 36.7 Å². The molecule has 0 aliphatic carbocycles. The lowest BCUT2D eigenvalue weighted by molar-refractivity contribution is 0.0947. The second kappa shape index (κ2) is 3.76. The highest BCUT2D eigenvalue weighted by molar-refractivity contribution is 5.94. The van der Waals surface area contributed by atoms with Crippen LogP contribution in [0.5, 0.6) is 0 Å². The van der Waals surface area contributed by atoms with E-state index in [0.717, 1.165) is 0 Å². The van der Waals surface area contributed by atoms with Crippen molar-refractivity contribution in [3.8, 4) is 0 Å². The zero-order valence-corrected chi connectivity index (χ0v) is 7.00. The van der Waals surface area contributed by atoms with Gasteiger partial charge in [-0.25, -0.2) is 0 Å². The minimum Gasteiger partial charge on any atom is -0.367 e. The van der Waals surface area contributed by atoms with Gasteiger partial charge in [0.05, 0.1) is 5.56 Å². The highest BCUT2D eigenvalue weighted by Gasteiger charge is 2.06. The van der Waals surface area contributed by atoms with Gasteiger partial charge < -0.3 is 10.3 Å². The van der Waals surface area contributed by atoms with E-state index in [-0.39, 0.29) is 11.9 Å². The molecule has 1 aromatic rings. The summed E-state index contributed by atoms with van der Waals surface area (Å²) in [5.41, 5.74) is 0.642. The van der Waals surface area contributed by atoms with Crippen LogP contribution in [0.3, 0.4) is 0 Å². The Morgan fingerprint density at radius 2 is 2.58 bits per heavy atom. The molecule has 1 rings (SSSR count). The zero-order chi connectivity index (χ0) is 8.97. The van der Waals surface area contributed by atoms with Gasteiger partial charge in [-0.1, -0.05) is 6.08 Å². The molecule has 0 aromatic carbocycles. The van der Waals surface area contributed by atoms with E-state index in [1.54, 1.807) is 24.5 Å². The van der Waals surface area contributed by atoms with E-state index in [9.17, 15) is 4.79 Å². The first-order valence-corrected chi connectivity index (χ1v) is 3.80. The van der Waals surface area contributed by atoms with Gasteiger partial charge in [0.1, 0.15) is 0 Å². The highest BCUT2D eigenvalue weighted by atomic mass is 16.1. The molecule has 0 fully saturated rings. The molecule has 0 spiro atoms. The molecule has 0 radical (unpaired) electrons. The summed E-state index contributed by atoms with van der Waals surface area (Å²) in [5.74, 6) is -0.0800. The Labute approximate surface area is 71.5 Å². The van der Waals surface area contributed by atoms with Crippen LogP contribution in [0.4, 0.5) is 0 Å². The monoisotopic (exact) mass is 164 g/mol. The molecule has 0 bridgehead atoms. The van der Waals surface area contributed by atoms with Crippen molar-refractivity contribution in [3.63, 3.8) is 0 Å². The number of H-pyrrole nitrogens is 1. The van der Waals surface area contributed by atoms with Gasteiger partial charge in [-0.3, -0.25) is 4.79 Å². The molecule has 0 saturated carbocycles. The normalized spacial score (nSPS) is 12.1. The second-order valence-electron chi connectivity index (χ2n) is 2.60. The van der Waals surface area contributed by atoms with Gasteiger partial charge in [-0.05, 0) is 13.0 Å². The summed E-state index contributed by atoms with van der Waals surface area (Å²) in [7, 11) is 0. The molecule has 1 aromatic heterocycles. The van der Waals surface area contributed by atoms with Gasteiger partial charge >= 0.3 is 0 Å². The van der Waals surface area contributed by atoms with Gasteiger partial charge in [0.2, 0.25) is 0 Å². The summed E-state index contributed by atoms with van der Waals surface area (Å²) >= 11 is 0. The quantitative estimate of drug-likeness (QED) is 0.650. The van der Waals surface area contributed by atoms with E-state index in [4.69, 9.17) is 0 Å². The third-order valence-electron chi connectivity index (χ3n) is 1.57. The van der Waals surface area contributed by atoms with E-state index in [1.807, 2.05) is 6.92 Å². The van der Waals surface area contributed by atoms with Crippen molar-refractivity contribution in [2.24, 2.45) is 0 Å². The molecule has 0 saturated heterocycles. The fourth-order valence-corrected chi connectivity index (χ4v) is 0.814. The van der Waals surface area contributed by atoms with Crippen LogP contribution >= 0.6 is 0 Å². The summed E-state index contributed by atoms with van der Waals surface area (Å²) in [6.45, 7) is 5.45. The Bertz CT molecular complexity index is 264. The summed E-state index contributed by atoms with van der Waals surface area (Å²) in [4.78, 5) is 14.1. The largest absolute Gasteiger partial charge is 0.367 e. The van der Waals surface area contributed by atoms with E-state index in [1.165, 1.54) is 0 Å². The maximum absolute atomic E-state index is 11.3. The fourth-order valence-electron chi connectivity index (χ4n) is 0.814. The van der Waals surface area contributed by atoms with Crippen molar-refractivity contribution in [1.29, 1.82) is 0 Å². The topological polar surface area (TPSA) is 44.9 Å². The lowest BCUT2D eigenvalue weighted by Gasteiger charge is -2.06. The summed E-state index contributed by atoms with van der Waals surface area (Å²) < 4.78 is 0. The SMILES string of the molecule is C=CC(C)NC(=O)c1cc[nH]c1. The molecule has 1 amide bonds. The zero-order valence-electron chi connectivity index (χ0n) is 7.00. The third kappa shape index (κ3) is 1.99. The lowest BCUT2D eigenvalue weighted by Crippen LogP contribution is -2.30. The number of carbonyl (C=O) groups is 1. The van der Waals surface area contributed by atoms with E-state index in [0.29, 0.717) is 5.56 Å². The Morgan fingerprint density at radius 1 is 1.83 bits per heavy atom. The predicted molar refractivity (Wildman–Crippen MR) is 47.9 cm³/mol. The molecule has 0 aliphatic heterocycles. The first-order chi connectivity index (χ1) is 5.74. The van der Waals surface area contributed by atoms with E-state index in [2.05, 4.69) is 16.9 Å².